The summed E-state index contributed by atoms with van der Waals surface area (Å²) in [6.07, 6.45) is 8.00. The number of aryl methyl sites for hydroxylation is 1. The highest BCUT2D eigenvalue weighted by Crippen LogP contribution is 2.33. The first-order valence-electron chi connectivity index (χ1n) is 12.2. The number of primary amides is 1. The molecular weight excluding hydrogens is 472 g/mol. The standard InChI is InChI=1S/C26H32N8O3/c1-5-22(35)33-11-7-9-19(15-33)34-14-18(12-29-34)30-26-28-13-20(24(27)36)25(32-26)31-23-17(4)8-6-10-21(23)37-16(2)3/h5-6,8,10,12-14,16,19H,1,7,9,11,15H2,2-4H3,(H2,27,36)(H2,28,30,31,32)/t19-/m1/s1. The van der Waals surface area contributed by atoms with Gasteiger partial charge in [-0.2, -0.15) is 10.1 Å². The van der Waals surface area contributed by atoms with Gasteiger partial charge in [0.1, 0.15) is 17.1 Å². The zero-order valence-corrected chi connectivity index (χ0v) is 21.3. The van der Waals surface area contributed by atoms with E-state index in [0.717, 1.165) is 18.4 Å². The predicted octanol–water partition coefficient (Wildman–Crippen LogP) is 3.70. The van der Waals surface area contributed by atoms with Crippen LogP contribution in [0.2, 0.25) is 0 Å². The Labute approximate surface area is 215 Å². The first-order valence-corrected chi connectivity index (χ1v) is 12.2. The molecule has 2 aromatic heterocycles. The van der Waals surface area contributed by atoms with Crippen LogP contribution in [0.15, 0.2) is 49.4 Å². The van der Waals surface area contributed by atoms with E-state index in [-0.39, 0.29) is 35.4 Å². The quantitative estimate of drug-likeness (QED) is 0.375. The third-order valence-corrected chi connectivity index (χ3v) is 6.01. The van der Waals surface area contributed by atoms with E-state index in [2.05, 4.69) is 32.3 Å². The van der Waals surface area contributed by atoms with E-state index < -0.39 is 5.91 Å². The molecule has 0 radical (unpaired) electrons. The van der Waals surface area contributed by atoms with E-state index in [0.29, 0.717) is 30.2 Å². The maximum atomic E-state index is 12.1. The van der Waals surface area contributed by atoms with Crippen LogP contribution in [0.25, 0.3) is 0 Å². The Hall–Kier alpha value is -4.41. The molecule has 11 heteroatoms. The molecule has 194 valence electrons. The molecular formula is C26H32N8O3. The van der Waals surface area contributed by atoms with Gasteiger partial charge in [-0.05, 0) is 51.3 Å². The van der Waals surface area contributed by atoms with Crippen LogP contribution in [-0.4, -0.2) is 55.7 Å². The number of aromatic nitrogens is 4. The molecule has 3 aromatic rings. The number of amides is 2. The number of hydrogen-bond acceptors (Lipinski definition) is 8. The topological polar surface area (TPSA) is 140 Å². The molecule has 1 saturated heterocycles. The Morgan fingerprint density at radius 3 is 2.81 bits per heavy atom. The molecule has 2 amide bonds. The summed E-state index contributed by atoms with van der Waals surface area (Å²) in [6, 6.07) is 5.74. The number of nitrogens with zero attached hydrogens (tertiary/aromatic N) is 5. The maximum absolute atomic E-state index is 12.1. The second-order valence-electron chi connectivity index (χ2n) is 9.18. The van der Waals surface area contributed by atoms with Crippen LogP contribution in [0.5, 0.6) is 5.75 Å². The Bertz CT molecular complexity index is 1300. The first-order chi connectivity index (χ1) is 17.7. The number of carbonyl (C=O) groups is 2. The number of para-hydroxylation sites is 1. The van der Waals surface area contributed by atoms with Crippen molar-refractivity contribution >= 4 is 35.0 Å². The highest BCUT2D eigenvalue weighted by atomic mass is 16.5. The molecule has 0 bridgehead atoms. The highest BCUT2D eigenvalue weighted by Gasteiger charge is 2.24. The van der Waals surface area contributed by atoms with Crippen molar-refractivity contribution in [3.8, 4) is 5.75 Å². The number of piperidine rings is 1. The molecule has 0 spiro atoms. The highest BCUT2D eigenvalue weighted by molar-refractivity contribution is 5.98. The van der Waals surface area contributed by atoms with Crippen LogP contribution < -0.4 is 21.1 Å². The molecule has 0 unspecified atom stereocenters. The summed E-state index contributed by atoms with van der Waals surface area (Å²) in [5.74, 6) is 0.424. The fourth-order valence-electron chi connectivity index (χ4n) is 4.22. The van der Waals surface area contributed by atoms with Crippen molar-refractivity contribution in [2.75, 3.05) is 23.7 Å². The smallest absolute Gasteiger partial charge is 0.254 e. The lowest BCUT2D eigenvalue weighted by atomic mass is 10.1. The van der Waals surface area contributed by atoms with Gasteiger partial charge in [0.05, 0.1) is 29.7 Å². The monoisotopic (exact) mass is 504 g/mol. The van der Waals surface area contributed by atoms with Gasteiger partial charge in [0.25, 0.3) is 5.91 Å². The van der Waals surface area contributed by atoms with Crippen LogP contribution in [0.1, 0.15) is 48.7 Å². The number of benzene rings is 1. The first kappa shape index (κ1) is 25.7. The lowest BCUT2D eigenvalue weighted by molar-refractivity contribution is -0.127. The van der Waals surface area contributed by atoms with Crippen LogP contribution in [0, 0.1) is 6.92 Å². The average molecular weight is 505 g/mol. The summed E-state index contributed by atoms with van der Waals surface area (Å²) in [5, 5.41) is 10.8. The average Bonchev–Trinajstić information content (AvgIpc) is 3.34. The molecule has 0 saturated carbocycles. The van der Waals surface area contributed by atoms with Crippen molar-refractivity contribution in [2.24, 2.45) is 5.73 Å². The van der Waals surface area contributed by atoms with Gasteiger partial charge >= 0.3 is 0 Å². The molecule has 1 fully saturated rings. The van der Waals surface area contributed by atoms with Gasteiger partial charge in [-0.1, -0.05) is 18.7 Å². The van der Waals surface area contributed by atoms with Crippen molar-refractivity contribution < 1.29 is 14.3 Å². The lowest BCUT2D eigenvalue weighted by Gasteiger charge is -2.32. The largest absolute Gasteiger partial charge is 0.489 e. The molecule has 11 nitrogen and oxygen atoms in total. The van der Waals surface area contributed by atoms with Crippen LogP contribution >= 0.6 is 0 Å². The van der Waals surface area contributed by atoms with E-state index in [1.807, 2.05) is 49.8 Å². The minimum Gasteiger partial charge on any atom is -0.489 e. The molecule has 1 aliphatic heterocycles. The van der Waals surface area contributed by atoms with Gasteiger partial charge in [0.15, 0.2) is 0 Å². The van der Waals surface area contributed by atoms with E-state index >= 15 is 0 Å². The Balaban J connectivity index is 1.56. The zero-order valence-electron chi connectivity index (χ0n) is 21.3. The third-order valence-electron chi connectivity index (χ3n) is 6.01. The number of ether oxygens (including phenoxy) is 1. The summed E-state index contributed by atoms with van der Waals surface area (Å²) >= 11 is 0. The Morgan fingerprint density at radius 2 is 2.08 bits per heavy atom. The van der Waals surface area contributed by atoms with Crippen molar-refractivity contribution in [3.63, 3.8) is 0 Å². The molecule has 4 rings (SSSR count). The fraction of sp³-hybridized carbons (Fsp3) is 0.346. The van der Waals surface area contributed by atoms with E-state index in [4.69, 9.17) is 10.5 Å². The maximum Gasteiger partial charge on any atom is 0.254 e. The number of nitrogens with one attached hydrogen (secondary N) is 2. The van der Waals surface area contributed by atoms with Crippen molar-refractivity contribution in [3.05, 3.63) is 60.6 Å². The number of anilines is 4. The molecule has 37 heavy (non-hydrogen) atoms. The molecule has 4 N–H and O–H groups in total. The minimum absolute atomic E-state index is 0.0386. The van der Waals surface area contributed by atoms with Gasteiger partial charge in [-0.3, -0.25) is 14.3 Å². The van der Waals surface area contributed by atoms with Crippen LogP contribution in [0.4, 0.5) is 23.1 Å². The second kappa shape index (κ2) is 11.1. The normalized spacial score (nSPS) is 15.4. The van der Waals surface area contributed by atoms with E-state index in [1.54, 1.807) is 11.1 Å². The SMILES string of the molecule is C=CC(=O)N1CCC[C@@H](n2cc(Nc3ncc(C(N)=O)c(Nc4c(C)cccc4OC(C)C)n3)cn2)C1. The molecule has 1 atom stereocenters. The number of likely N-dealkylation sites (tertiary alicyclic amines) is 1. The Kier molecular flexibility index (Phi) is 7.71. The van der Waals surface area contributed by atoms with Gasteiger partial charge in [0.2, 0.25) is 11.9 Å². The molecule has 0 aliphatic carbocycles. The minimum atomic E-state index is -0.655. The van der Waals surface area contributed by atoms with Crippen LogP contribution in [-0.2, 0) is 4.79 Å². The lowest BCUT2D eigenvalue weighted by Crippen LogP contribution is -2.39. The van der Waals surface area contributed by atoms with Gasteiger partial charge < -0.3 is 26.0 Å². The number of carbonyl (C=O) groups excluding carboxylic acids is 2. The van der Waals surface area contributed by atoms with Crippen LogP contribution in [0.3, 0.4) is 0 Å². The summed E-state index contributed by atoms with van der Waals surface area (Å²) in [6.45, 7) is 10.7. The number of nitrogens with two attached hydrogens (primary N) is 1. The fourth-order valence-corrected chi connectivity index (χ4v) is 4.22. The Morgan fingerprint density at radius 1 is 1.27 bits per heavy atom. The number of rotatable bonds is 9. The van der Waals surface area contributed by atoms with Gasteiger partial charge in [-0.25, -0.2) is 4.98 Å². The summed E-state index contributed by atoms with van der Waals surface area (Å²) in [4.78, 5) is 34.7. The summed E-state index contributed by atoms with van der Waals surface area (Å²) in [7, 11) is 0. The van der Waals surface area contributed by atoms with E-state index in [9.17, 15) is 9.59 Å². The molecule has 1 aliphatic rings. The predicted molar refractivity (Wildman–Crippen MR) is 141 cm³/mol. The van der Waals surface area contributed by atoms with Crippen molar-refractivity contribution in [2.45, 2.75) is 45.8 Å². The second-order valence-corrected chi connectivity index (χ2v) is 9.18. The number of hydrogen-bond donors (Lipinski definition) is 3. The van der Waals surface area contributed by atoms with Gasteiger partial charge in [-0.15, -0.1) is 0 Å². The third kappa shape index (κ3) is 6.05. The van der Waals surface area contributed by atoms with Gasteiger partial charge in [0, 0.05) is 25.5 Å². The van der Waals surface area contributed by atoms with E-state index in [1.165, 1.54) is 12.3 Å². The van der Waals surface area contributed by atoms with Crippen molar-refractivity contribution in [1.82, 2.24) is 24.6 Å². The molecule has 3 heterocycles. The zero-order chi connectivity index (χ0) is 26.5. The van der Waals surface area contributed by atoms with Crippen molar-refractivity contribution in [1.29, 1.82) is 0 Å². The summed E-state index contributed by atoms with van der Waals surface area (Å²) in [5.41, 5.74) is 8.02. The molecule has 1 aromatic carbocycles. The summed E-state index contributed by atoms with van der Waals surface area (Å²) < 4.78 is 7.77.